The van der Waals surface area contributed by atoms with Gasteiger partial charge in [-0.2, -0.15) is 4.31 Å². The van der Waals surface area contributed by atoms with Crippen molar-refractivity contribution >= 4 is 15.9 Å². The first-order valence-electron chi connectivity index (χ1n) is 9.70. The van der Waals surface area contributed by atoms with Gasteiger partial charge in [-0.3, -0.25) is 4.79 Å². The lowest BCUT2D eigenvalue weighted by molar-refractivity contribution is 0.0640. The number of rotatable bonds is 7. The maximum Gasteiger partial charge on any atom is 0.291 e. The van der Waals surface area contributed by atoms with Crippen LogP contribution in [0.25, 0.3) is 0 Å². The summed E-state index contributed by atoms with van der Waals surface area (Å²) >= 11 is 0. The molecule has 27 heavy (non-hydrogen) atoms. The van der Waals surface area contributed by atoms with E-state index in [1.54, 1.807) is 27.7 Å². The molecule has 2 aliphatic heterocycles. The number of amides is 1. The standard InChI is InChI=1S/C18H29N5O3S/c1-27(25,26)23(14-6-12-21-10-2-3-11-21)16-7-4-13-22(15-16)18(24)17-19-8-5-9-20-17/h5,8-9,16H,2-4,6-7,10-15H2,1H3. The van der Waals surface area contributed by atoms with Crippen LogP contribution < -0.4 is 0 Å². The average molecular weight is 396 g/mol. The minimum atomic E-state index is -3.33. The average Bonchev–Trinajstić information content (AvgIpc) is 3.18. The molecule has 3 heterocycles. The van der Waals surface area contributed by atoms with E-state index in [0.717, 1.165) is 38.9 Å². The van der Waals surface area contributed by atoms with Crippen LogP contribution in [0.15, 0.2) is 18.5 Å². The van der Waals surface area contributed by atoms with Crippen LogP contribution in [-0.2, 0) is 10.0 Å². The van der Waals surface area contributed by atoms with Crippen LogP contribution in [0.4, 0.5) is 0 Å². The molecule has 0 saturated carbocycles. The van der Waals surface area contributed by atoms with Gasteiger partial charge in [-0.25, -0.2) is 18.4 Å². The summed E-state index contributed by atoms with van der Waals surface area (Å²) in [6.07, 6.45) is 9.20. The molecule has 2 aliphatic rings. The molecule has 1 unspecified atom stereocenters. The molecule has 1 amide bonds. The van der Waals surface area contributed by atoms with E-state index in [-0.39, 0.29) is 17.8 Å². The van der Waals surface area contributed by atoms with Crippen LogP contribution >= 0.6 is 0 Å². The normalized spacial score (nSPS) is 21.7. The zero-order valence-electron chi connectivity index (χ0n) is 16.0. The number of piperidine rings is 1. The Morgan fingerprint density at radius 3 is 2.56 bits per heavy atom. The first-order chi connectivity index (χ1) is 12.9. The SMILES string of the molecule is CS(=O)(=O)N(CCCN1CCCC1)C1CCCN(C(=O)c2ncccn2)C1. The Morgan fingerprint density at radius 1 is 1.19 bits per heavy atom. The smallest absolute Gasteiger partial charge is 0.291 e. The maximum atomic E-state index is 12.6. The molecular weight excluding hydrogens is 366 g/mol. The molecular formula is C18H29N5O3S. The number of carbonyl (C=O) groups is 1. The number of hydrogen-bond donors (Lipinski definition) is 0. The van der Waals surface area contributed by atoms with Crippen molar-refractivity contribution in [3.05, 3.63) is 24.3 Å². The van der Waals surface area contributed by atoms with Gasteiger partial charge in [0, 0.05) is 38.1 Å². The second-order valence-corrected chi connectivity index (χ2v) is 9.33. The molecule has 0 radical (unpaired) electrons. The molecule has 1 aromatic heterocycles. The minimum absolute atomic E-state index is 0.165. The van der Waals surface area contributed by atoms with Crippen molar-refractivity contribution in [3.8, 4) is 0 Å². The molecule has 1 atom stereocenters. The van der Waals surface area contributed by atoms with Gasteiger partial charge in [0.1, 0.15) is 0 Å². The number of aromatic nitrogens is 2. The topological polar surface area (TPSA) is 86.7 Å². The summed E-state index contributed by atoms with van der Waals surface area (Å²) in [5, 5.41) is 0. The first kappa shape index (κ1) is 20.2. The quantitative estimate of drug-likeness (QED) is 0.680. The highest BCUT2D eigenvalue weighted by molar-refractivity contribution is 7.88. The van der Waals surface area contributed by atoms with Crippen LogP contribution in [0.5, 0.6) is 0 Å². The van der Waals surface area contributed by atoms with Crippen LogP contribution in [0.2, 0.25) is 0 Å². The highest BCUT2D eigenvalue weighted by atomic mass is 32.2. The lowest BCUT2D eigenvalue weighted by Crippen LogP contribution is -2.52. The largest absolute Gasteiger partial charge is 0.334 e. The third-order valence-electron chi connectivity index (χ3n) is 5.33. The zero-order chi connectivity index (χ0) is 19.3. The summed E-state index contributed by atoms with van der Waals surface area (Å²) in [6.45, 7) is 4.67. The lowest BCUT2D eigenvalue weighted by atomic mass is 10.1. The van der Waals surface area contributed by atoms with Gasteiger partial charge in [0.2, 0.25) is 15.8 Å². The van der Waals surface area contributed by atoms with Gasteiger partial charge in [0.15, 0.2) is 0 Å². The molecule has 9 heteroatoms. The van der Waals surface area contributed by atoms with Gasteiger partial charge >= 0.3 is 0 Å². The number of carbonyl (C=O) groups excluding carboxylic acids is 1. The van der Waals surface area contributed by atoms with Crippen molar-refractivity contribution in [2.24, 2.45) is 0 Å². The van der Waals surface area contributed by atoms with Crippen LogP contribution in [0.3, 0.4) is 0 Å². The minimum Gasteiger partial charge on any atom is -0.334 e. The Labute approximate surface area is 161 Å². The van der Waals surface area contributed by atoms with Gasteiger partial charge in [-0.15, -0.1) is 0 Å². The number of nitrogens with zero attached hydrogens (tertiary/aromatic N) is 5. The molecule has 0 bridgehead atoms. The van der Waals surface area contributed by atoms with Gasteiger partial charge in [-0.05, 0) is 57.8 Å². The molecule has 1 aromatic rings. The van der Waals surface area contributed by atoms with Gasteiger partial charge in [-0.1, -0.05) is 0 Å². The van der Waals surface area contributed by atoms with E-state index in [1.807, 2.05) is 0 Å². The zero-order valence-corrected chi connectivity index (χ0v) is 16.8. The number of sulfonamides is 1. The van der Waals surface area contributed by atoms with Crippen molar-refractivity contribution in [2.75, 3.05) is 45.5 Å². The summed E-state index contributed by atoms with van der Waals surface area (Å²) in [7, 11) is -3.33. The van der Waals surface area contributed by atoms with Gasteiger partial charge in [0.05, 0.1) is 6.26 Å². The molecule has 2 saturated heterocycles. The highest BCUT2D eigenvalue weighted by Gasteiger charge is 2.33. The van der Waals surface area contributed by atoms with E-state index in [9.17, 15) is 13.2 Å². The van der Waals surface area contributed by atoms with E-state index < -0.39 is 10.0 Å². The second-order valence-electron chi connectivity index (χ2n) is 7.40. The fraction of sp³-hybridized carbons (Fsp3) is 0.722. The molecule has 0 spiro atoms. The van der Waals surface area contributed by atoms with Crippen molar-refractivity contribution < 1.29 is 13.2 Å². The molecule has 3 rings (SSSR count). The Bertz CT molecular complexity index is 722. The second kappa shape index (κ2) is 9.07. The summed E-state index contributed by atoms with van der Waals surface area (Å²) in [5.41, 5.74) is 0. The third-order valence-corrected chi connectivity index (χ3v) is 6.66. The van der Waals surface area contributed by atoms with Crippen molar-refractivity contribution in [3.63, 3.8) is 0 Å². The molecule has 0 aromatic carbocycles. The van der Waals surface area contributed by atoms with E-state index >= 15 is 0 Å². The summed E-state index contributed by atoms with van der Waals surface area (Å²) in [5.74, 6) is -0.0658. The van der Waals surface area contributed by atoms with E-state index in [1.165, 1.54) is 19.1 Å². The monoisotopic (exact) mass is 395 g/mol. The molecule has 2 fully saturated rings. The van der Waals surface area contributed by atoms with Crippen LogP contribution in [0, 0.1) is 0 Å². The molecule has 0 aliphatic carbocycles. The van der Waals surface area contributed by atoms with Crippen LogP contribution in [0.1, 0.15) is 42.7 Å². The Kier molecular flexibility index (Phi) is 6.78. The number of hydrogen-bond acceptors (Lipinski definition) is 6. The van der Waals surface area contributed by atoms with Gasteiger partial charge < -0.3 is 9.80 Å². The first-order valence-corrected chi connectivity index (χ1v) is 11.6. The van der Waals surface area contributed by atoms with Crippen LogP contribution in [-0.4, -0.2) is 90.0 Å². The number of likely N-dealkylation sites (tertiary alicyclic amines) is 2. The Hall–Kier alpha value is -1.58. The Balaban J connectivity index is 1.62. The summed E-state index contributed by atoms with van der Waals surface area (Å²) in [4.78, 5) is 24.8. The lowest BCUT2D eigenvalue weighted by Gasteiger charge is -2.38. The predicted molar refractivity (Wildman–Crippen MR) is 103 cm³/mol. The highest BCUT2D eigenvalue weighted by Crippen LogP contribution is 2.20. The van der Waals surface area contributed by atoms with E-state index in [2.05, 4.69) is 14.9 Å². The van der Waals surface area contributed by atoms with Crippen molar-refractivity contribution in [1.82, 2.24) is 24.1 Å². The van der Waals surface area contributed by atoms with Crippen molar-refractivity contribution in [1.29, 1.82) is 0 Å². The molecule has 8 nitrogen and oxygen atoms in total. The predicted octanol–water partition coefficient (Wildman–Crippen LogP) is 0.829. The summed E-state index contributed by atoms with van der Waals surface area (Å²) in [6, 6.07) is 1.49. The fourth-order valence-corrected chi connectivity index (χ4v) is 5.18. The molecule has 150 valence electrons. The van der Waals surface area contributed by atoms with E-state index in [0.29, 0.717) is 19.6 Å². The van der Waals surface area contributed by atoms with Crippen molar-refractivity contribution in [2.45, 2.75) is 38.1 Å². The summed E-state index contributed by atoms with van der Waals surface area (Å²) < 4.78 is 26.4. The fourth-order valence-electron chi connectivity index (χ4n) is 4.00. The maximum absolute atomic E-state index is 12.6. The third kappa shape index (κ3) is 5.46. The van der Waals surface area contributed by atoms with E-state index in [4.69, 9.17) is 0 Å². The molecule has 0 N–H and O–H groups in total. The van der Waals surface area contributed by atoms with Gasteiger partial charge in [0.25, 0.3) is 5.91 Å². The Morgan fingerprint density at radius 2 is 1.89 bits per heavy atom.